The minimum atomic E-state index is -0.774. The van der Waals surface area contributed by atoms with Crippen molar-refractivity contribution in [3.63, 3.8) is 0 Å². The summed E-state index contributed by atoms with van der Waals surface area (Å²) >= 11 is 0. The lowest BCUT2D eigenvalue weighted by Crippen LogP contribution is -2.45. The van der Waals surface area contributed by atoms with Crippen LogP contribution in [0.3, 0.4) is 0 Å². The molecule has 0 radical (unpaired) electrons. The van der Waals surface area contributed by atoms with E-state index < -0.39 is 12.0 Å². The molecule has 9 rings (SSSR count). The molecule has 1 unspecified atom stereocenters. The number of ketones is 2. The molecule has 5 atom stereocenters. The maximum Gasteiger partial charge on any atom is 0.258 e. The number of Topliss-reactive ketones (excluding diaryl/α,β-unsaturated/α-hetero) is 2. The van der Waals surface area contributed by atoms with E-state index in [1.54, 1.807) is 41.7 Å². The van der Waals surface area contributed by atoms with Crippen molar-refractivity contribution in [1.29, 1.82) is 0 Å². The minimum Gasteiger partial charge on any atom is -0.493 e. The van der Waals surface area contributed by atoms with Gasteiger partial charge in [0.05, 0.1) is 18.8 Å². The van der Waals surface area contributed by atoms with Crippen molar-refractivity contribution in [1.82, 2.24) is 5.32 Å². The third-order valence-corrected chi connectivity index (χ3v) is 20.0. The summed E-state index contributed by atoms with van der Waals surface area (Å²) in [7, 11) is 6.91. The Morgan fingerprint density at radius 3 is 2.13 bits per heavy atom. The third kappa shape index (κ3) is 13.6. The second kappa shape index (κ2) is 25.7. The molecular formula is C66H77N5O9S2. The predicted molar refractivity (Wildman–Crippen MR) is 327 cm³/mol. The van der Waals surface area contributed by atoms with Crippen molar-refractivity contribution in [3.05, 3.63) is 136 Å². The maximum absolute atomic E-state index is 14.3. The number of amides is 4. The Bertz CT molecular complexity index is 3320. The molecule has 0 bridgehead atoms. The smallest absolute Gasteiger partial charge is 0.258 e. The molecule has 16 heteroatoms. The van der Waals surface area contributed by atoms with Crippen LogP contribution in [0, 0.1) is 18.8 Å². The van der Waals surface area contributed by atoms with Crippen molar-refractivity contribution < 1.29 is 47.6 Å². The van der Waals surface area contributed by atoms with Gasteiger partial charge in [0.15, 0.2) is 17.3 Å². The highest BCUT2D eigenvalue weighted by atomic mass is 33.1. The van der Waals surface area contributed by atoms with Gasteiger partial charge in [-0.3, -0.25) is 28.8 Å². The van der Waals surface area contributed by atoms with E-state index in [9.17, 15) is 28.8 Å². The van der Waals surface area contributed by atoms with E-state index >= 15 is 0 Å². The Morgan fingerprint density at radius 2 is 1.45 bits per heavy atom. The zero-order valence-electron chi connectivity index (χ0n) is 48.9. The summed E-state index contributed by atoms with van der Waals surface area (Å²) in [5.74, 6) is -0.198. The molecule has 432 valence electrons. The molecule has 4 aliphatic heterocycles. The summed E-state index contributed by atoms with van der Waals surface area (Å²) in [5.41, 5.74) is 9.47. The molecule has 4 heterocycles. The Morgan fingerprint density at radius 1 is 0.793 bits per heavy atom. The molecule has 0 saturated carbocycles. The number of hydrogen-bond acceptors (Lipinski definition) is 11. The van der Waals surface area contributed by atoms with E-state index in [1.807, 2.05) is 122 Å². The SMILES string of the molecule is CCC(=O)CCC(C)SSC(C)(C)CCC(=O)N[C@H](C(=O)C[C@@H](C)C(=O)Nc1cc(COc2cc3c(cc2C)C(=O)N2c4ccccc4C[C@H]2[C-]=[N+]3C)cc(COc2cc3c(cc2OC)C(=O)N2c4ccccc4C[C@H]2CC3)c1)C(C)C. The fourth-order valence-corrected chi connectivity index (χ4v) is 14.0. The number of aryl methyl sites for hydroxylation is 2. The number of methoxy groups -OCH3 is 1. The molecule has 0 saturated heterocycles. The van der Waals surface area contributed by atoms with E-state index in [-0.39, 0.29) is 84.0 Å². The molecule has 0 spiro atoms. The average Bonchev–Trinajstić information content (AvgIpc) is 4.19. The van der Waals surface area contributed by atoms with Crippen LogP contribution in [0.4, 0.5) is 22.7 Å². The summed E-state index contributed by atoms with van der Waals surface area (Å²) in [6.07, 6.45) is 9.15. The second-order valence-electron chi connectivity index (χ2n) is 23.4. The van der Waals surface area contributed by atoms with Crippen LogP contribution in [-0.4, -0.2) is 88.3 Å². The number of para-hydroxylation sites is 2. The largest absolute Gasteiger partial charge is 0.493 e. The fourth-order valence-electron chi connectivity index (χ4n) is 11.4. The Labute approximate surface area is 490 Å². The van der Waals surface area contributed by atoms with Gasteiger partial charge in [-0.15, -0.1) is 0 Å². The molecule has 5 aromatic carbocycles. The van der Waals surface area contributed by atoms with Gasteiger partial charge in [-0.2, -0.15) is 0 Å². The van der Waals surface area contributed by atoms with Crippen LogP contribution >= 0.6 is 21.6 Å². The first-order chi connectivity index (χ1) is 39.2. The van der Waals surface area contributed by atoms with Crippen molar-refractivity contribution in [2.45, 2.75) is 161 Å². The molecule has 0 fully saturated rings. The molecular weight excluding hydrogens is 1070 g/mol. The zero-order chi connectivity index (χ0) is 58.6. The van der Waals surface area contributed by atoms with Crippen LogP contribution in [0.5, 0.6) is 17.2 Å². The summed E-state index contributed by atoms with van der Waals surface area (Å²) in [6.45, 7) is 15.8. The Kier molecular flexibility index (Phi) is 18.7. The number of fused-ring (bicyclic) bond motifs is 8. The number of benzene rings is 5. The first-order valence-corrected chi connectivity index (χ1v) is 31.0. The summed E-state index contributed by atoms with van der Waals surface area (Å²) < 4.78 is 20.7. The maximum atomic E-state index is 14.3. The number of rotatable bonds is 24. The second-order valence-corrected chi connectivity index (χ2v) is 26.7. The topological polar surface area (TPSA) is 164 Å². The van der Waals surface area contributed by atoms with E-state index in [1.165, 1.54) is 5.56 Å². The molecule has 4 amide bonds. The van der Waals surface area contributed by atoms with Gasteiger partial charge >= 0.3 is 0 Å². The summed E-state index contributed by atoms with van der Waals surface area (Å²) in [4.78, 5) is 85.6. The highest BCUT2D eigenvalue weighted by Crippen LogP contribution is 2.44. The van der Waals surface area contributed by atoms with Gasteiger partial charge in [0, 0.05) is 88.1 Å². The molecule has 0 aliphatic carbocycles. The van der Waals surface area contributed by atoms with Gasteiger partial charge in [-0.25, -0.2) is 0 Å². The molecule has 14 nitrogen and oxygen atoms in total. The van der Waals surface area contributed by atoms with E-state index in [0.717, 1.165) is 52.9 Å². The fraction of sp³-hybridized carbons (Fsp3) is 0.439. The lowest BCUT2D eigenvalue weighted by molar-refractivity contribution is -0.401. The summed E-state index contributed by atoms with van der Waals surface area (Å²) in [5, 5.41) is 6.35. The van der Waals surface area contributed by atoms with Gasteiger partial charge < -0.3 is 39.2 Å². The number of carbonyl (C=O) groups is 6. The number of carbonyl (C=O) groups excluding carboxylic acids is 6. The number of hydrogen-bond donors (Lipinski definition) is 2. The van der Waals surface area contributed by atoms with E-state index in [4.69, 9.17) is 14.2 Å². The quantitative estimate of drug-likeness (QED) is 0.0343. The number of nitrogens with zero attached hydrogens (tertiary/aromatic N) is 3. The molecule has 82 heavy (non-hydrogen) atoms. The van der Waals surface area contributed by atoms with Gasteiger partial charge in [0.1, 0.15) is 31.8 Å². The molecule has 2 N–H and O–H groups in total. The lowest BCUT2D eigenvalue weighted by atomic mass is 9.92. The van der Waals surface area contributed by atoms with Crippen molar-refractivity contribution in [2.24, 2.45) is 11.8 Å². The first kappa shape index (κ1) is 59.7. The monoisotopic (exact) mass is 1150 g/mol. The Balaban J connectivity index is 0.906. The number of ether oxygens (including phenoxy) is 3. The van der Waals surface area contributed by atoms with Crippen LogP contribution in [-0.2, 0) is 51.7 Å². The van der Waals surface area contributed by atoms with Crippen LogP contribution < -0.4 is 34.6 Å². The molecule has 4 aliphatic rings. The van der Waals surface area contributed by atoms with Gasteiger partial charge in [-0.05, 0) is 147 Å². The van der Waals surface area contributed by atoms with Crippen LogP contribution in [0.2, 0.25) is 0 Å². The third-order valence-electron chi connectivity index (χ3n) is 16.1. The van der Waals surface area contributed by atoms with Crippen LogP contribution in [0.1, 0.15) is 148 Å². The minimum absolute atomic E-state index is 0.0579. The molecule has 0 aromatic heterocycles. The van der Waals surface area contributed by atoms with Gasteiger partial charge in [0.2, 0.25) is 17.7 Å². The van der Waals surface area contributed by atoms with E-state index in [0.29, 0.717) is 82.7 Å². The van der Waals surface area contributed by atoms with Crippen molar-refractivity contribution in [3.8, 4) is 17.2 Å². The van der Waals surface area contributed by atoms with E-state index in [2.05, 4.69) is 49.8 Å². The van der Waals surface area contributed by atoms with Gasteiger partial charge in [0.25, 0.3) is 5.91 Å². The number of nitrogens with one attached hydrogen (secondary N) is 2. The zero-order valence-corrected chi connectivity index (χ0v) is 50.6. The standard InChI is InChI=1S/C66H77N5O9S2/c1-11-51(72)23-20-42(6)81-82-66(7,8)25-24-61(74)68-62(39(2)3)57(73)27-41(5)63(75)67-48-29-43(37-79-58-35-56-53(26-40(58)4)65(77)71-50(36-69(56)9)32-47-17-13-15-19-55(47)71)28-44(30-48)38-80-60-33-45-21-22-49-31-46-16-12-14-18-54(46)70(49)64(76)52(45)34-59(60)78-10/h12-19,26,28-30,33-35,39,41-42,49-50,62H,11,20-25,27,31-32,37-38H2,1-10H3,(H,67,75)(H,68,74)/t41-,42?,49-,50+,62+/m1/s1. The van der Waals surface area contributed by atoms with Crippen LogP contribution in [0.25, 0.3) is 0 Å². The van der Waals surface area contributed by atoms with Crippen molar-refractivity contribution >= 4 is 85.7 Å². The predicted octanol–water partition coefficient (Wildman–Crippen LogP) is 12.2. The molecule has 5 aromatic rings. The average molecular weight is 1150 g/mol. The van der Waals surface area contributed by atoms with Crippen molar-refractivity contribution in [2.75, 3.05) is 29.3 Å². The van der Waals surface area contributed by atoms with Crippen LogP contribution in [0.15, 0.2) is 91.0 Å². The van der Waals surface area contributed by atoms with Gasteiger partial charge in [-0.1, -0.05) is 98.7 Å². The Hall–Kier alpha value is -6.91. The highest BCUT2D eigenvalue weighted by Gasteiger charge is 2.39. The summed E-state index contributed by atoms with van der Waals surface area (Å²) in [6, 6.07) is 28.1. The number of anilines is 3. The highest BCUT2D eigenvalue weighted by molar-refractivity contribution is 8.77. The first-order valence-electron chi connectivity index (χ1n) is 28.8. The lowest BCUT2D eigenvalue weighted by Gasteiger charge is -2.26. The normalized spacial score (nSPS) is 17.2.